The average Bonchev–Trinajstić information content (AvgIpc) is 3.34. The molecule has 0 saturated heterocycles. The molecule has 2 heterocycles. The number of hydrogen-bond acceptors (Lipinski definition) is 2. The van der Waals surface area contributed by atoms with Crippen LogP contribution in [-0.2, 0) is 24.7 Å². The molecule has 0 fully saturated rings. The fourth-order valence-corrected chi connectivity index (χ4v) is 5.72. The van der Waals surface area contributed by atoms with Crippen LogP contribution < -0.4 is 5.32 Å². The number of hydrogen-bond donors (Lipinski definition) is 1. The van der Waals surface area contributed by atoms with Crippen molar-refractivity contribution in [3.8, 4) is 0 Å². The summed E-state index contributed by atoms with van der Waals surface area (Å²) in [5.74, 6) is -0.366. The van der Waals surface area contributed by atoms with E-state index < -0.39 is 0 Å². The van der Waals surface area contributed by atoms with Crippen molar-refractivity contribution in [1.29, 1.82) is 0 Å². The highest BCUT2D eigenvalue weighted by Gasteiger charge is 2.29. The lowest BCUT2D eigenvalue weighted by atomic mass is 9.81. The largest absolute Gasteiger partial charge is 0.350 e. The molecule has 4 aromatic carbocycles. The Bertz CT molecular complexity index is 1800. The van der Waals surface area contributed by atoms with Crippen LogP contribution in [0.3, 0.4) is 0 Å². The first kappa shape index (κ1) is 26.3. The summed E-state index contributed by atoms with van der Waals surface area (Å²) in [7, 11) is 2.09. The Morgan fingerprint density at radius 3 is 2.39 bits per heavy atom. The second-order valence-corrected chi connectivity index (χ2v) is 10.6. The summed E-state index contributed by atoms with van der Waals surface area (Å²) in [6.07, 6.45) is 9.72. The van der Waals surface area contributed by atoms with Crippen molar-refractivity contribution in [2.45, 2.75) is 12.8 Å². The highest BCUT2D eigenvalue weighted by molar-refractivity contribution is 6.01. The smallest absolute Gasteiger partial charge is 0.228 e. The van der Waals surface area contributed by atoms with E-state index in [1.54, 1.807) is 6.20 Å². The van der Waals surface area contributed by atoms with Gasteiger partial charge in [0.2, 0.25) is 5.91 Å². The summed E-state index contributed by atoms with van der Waals surface area (Å²) < 4.78 is 2.18. The van der Waals surface area contributed by atoms with Crippen molar-refractivity contribution in [3.05, 3.63) is 150 Å². The minimum atomic E-state index is -0.310. The zero-order valence-corrected chi connectivity index (χ0v) is 23.2. The topological polar surface area (TPSA) is 46.9 Å². The highest BCUT2D eigenvalue weighted by Crippen LogP contribution is 2.31. The molecule has 6 aromatic rings. The molecule has 0 saturated carbocycles. The van der Waals surface area contributed by atoms with Crippen LogP contribution in [0.25, 0.3) is 27.9 Å². The van der Waals surface area contributed by atoms with Crippen molar-refractivity contribution in [2.75, 3.05) is 5.32 Å². The first-order valence-corrected chi connectivity index (χ1v) is 14.1. The van der Waals surface area contributed by atoms with Crippen molar-refractivity contribution in [3.63, 3.8) is 0 Å². The van der Waals surface area contributed by atoms with Gasteiger partial charge in [0.05, 0.1) is 11.2 Å². The number of benzene rings is 4. The van der Waals surface area contributed by atoms with E-state index in [9.17, 15) is 4.79 Å². The number of nitrogens with one attached hydrogen (secondary N) is 1. The van der Waals surface area contributed by atoms with Gasteiger partial charge >= 0.3 is 0 Å². The molecule has 202 valence electrons. The van der Waals surface area contributed by atoms with E-state index >= 15 is 0 Å². The quantitative estimate of drug-likeness (QED) is 0.203. The summed E-state index contributed by atoms with van der Waals surface area (Å²) >= 11 is 0. The van der Waals surface area contributed by atoms with E-state index in [1.165, 1.54) is 16.5 Å². The third-order valence-electron chi connectivity index (χ3n) is 7.81. The lowest BCUT2D eigenvalue weighted by Gasteiger charge is -2.25. The van der Waals surface area contributed by atoms with E-state index in [1.807, 2.05) is 66.7 Å². The maximum absolute atomic E-state index is 14.3. The fourth-order valence-electron chi connectivity index (χ4n) is 5.72. The third kappa shape index (κ3) is 5.97. The summed E-state index contributed by atoms with van der Waals surface area (Å²) in [5.41, 5.74) is 6.23. The molecule has 6 rings (SSSR count). The van der Waals surface area contributed by atoms with E-state index in [4.69, 9.17) is 0 Å². The van der Waals surface area contributed by atoms with E-state index in [2.05, 4.69) is 88.8 Å². The van der Waals surface area contributed by atoms with Crippen LogP contribution >= 0.6 is 0 Å². The standard InChI is InChI=1S/C37H33N3O/c1-40-26-31(32-18-8-9-20-35(32)40)25-30(22-21-27-12-4-2-5-13-27)33(24-28-14-6-3-7-15-28)37(41)39-34-19-10-16-29-17-11-23-38-36(29)34/h2-23,26,30,33H,24-25H2,1H3,(H,39,41)/b22-21+/t30-,33-/m0/s1. The fraction of sp³-hybridized carbons (Fsp3) is 0.135. The second kappa shape index (κ2) is 12.1. The van der Waals surface area contributed by atoms with Crippen molar-refractivity contribution in [2.24, 2.45) is 18.9 Å². The molecule has 0 spiro atoms. The van der Waals surface area contributed by atoms with E-state index in [-0.39, 0.29) is 17.7 Å². The Labute approximate surface area is 241 Å². The molecular weight excluding hydrogens is 502 g/mol. The Morgan fingerprint density at radius 2 is 1.56 bits per heavy atom. The number of amides is 1. The molecule has 41 heavy (non-hydrogen) atoms. The molecule has 0 aliphatic rings. The first-order chi connectivity index (χ1) is 20.2. The van der Waals surface area contributed by atoms with Gasteiger partial charge in [-0.15, -0.1) is 0 Å². The molecule has 4 heteroatoms. The van der Waals surface area contributed by atoms with Gasteiger partial charge in [-0.2, -0.15) is 0 Å². The van der Waals surface area contributed by atoms with Gasteiger partial charge in [-0.3, -0.25) is 9.78 Å². The van der Waals surface area contributed by atoms with Gasteiger partial charge in [-0.25, -0.2) is 0 Å². The van der Waals surface area contributed by atoms with Gasteiger partial charge in [0.1, 0.15) is 0 Å². The number of aromatic nitrogens is 2. The molecule has 4 nitrogen and oxygen atoms in total. The minimum Gasteiger partial charge on any atom is -0.350 e. The number of carbonyl (C=O) groups excluding carboxylic acids is 1. The van der Waals surface area contributed by atoms with Crippen molar-refractivity contribution >= 4 is 39.5 Å². The molecule has 2 aromatic heterocycles. The molecule has 0 unspecified atom stereocenters. The van der Waals surface area contributed by atoms with Gasteiger partial charge in [0.25, 0.3) is 0 Å². The monoisotopic (exact) mass is 535 g/mol. The van der Waals surface area contributed by atoms with E-state index in [0.29, 0.717) is 6.42 Å². The van der Waals surface area contributed by atoms with Crippen LogP contribution in [-0.4, -0.2) is 15.5 Å². The molecular formula is C37H33N3O. The maximum atomic E-state index is 14.3. The SMILES string of the molecule is Cn1cc(C[C@H](/C=C/c2ccccc2)[C@H](Cc2ccccc2)C(=O)Nc2cccc3cccnc23)c2ccccc21. The highest BCUT2D eigenvalue weighted by atomic mass is 16.1. The van der Waals surface area contributed by atoms with Crippen LogP contribution in [0.5, 0.6) is 0 Å². The minimum absolute atomic E-state index is 0.00467. The number of rotatable bonds is 9. The van der Waals surface area contributed by atoms with Gasteiger partial charge in [-0.1, -0.05) is 109 Å². The van der Waals surface area contributed by atoms with Crippen molar-refractivity contribution < 1.29 is 4.79 Å². The van der Waals surface area contributed by atoms with Crippen LogP contribution in [0.4, 0.5) is 5.69 Å². The molecule has 1 N–H and O–H groups in total. The Hall–Kier alpha value is -4.96. The van der Waals surface area contributed by atoms with E-state index in [0.717, 1.165) is 34.1 Å². The van der Waals surface area contributed by atoms with Gasteiger partial charge in [0.15, 0.2) is 0 Å². The molecule has 0 aliphatic heterocycles. The molecule has 0 aliphatic carbocycles. The number of nitrogens with zero attached hydrogens (tertiary/aromatic N) is 2. The van der Waals surface area contributed by atoms with Gasteiger partial charge in [0, 0.05) is 41.6 Å². The summed E-state index contributed by atoms with van der Waals surface area (Å²) in [6, 6.07) is 39.0. The number of anilines is 1. The predicted molar refractivity (Wildman–Crippen MR) is 170 cm³/mol. The summed E-state index contributed by atoms with van der Waals surface area (Å²) in [4.78, 5) is 18.9. The molecule has 2 atom stereocenters. The van der Waals surface area contributed by atoms with Crippen molar-refractivity contribution in [1.82, 2.24) is 9.55 Å². The predicted octanol–water partition coefficient (Wildman–Crippen LogP) is 8.10. The number of para-hydroxylation sites is 2. The van der Waals surface area contributed by atoms with Gasteiger partial charge in [-0.05, 0) is 53.6 Å². The first-order valence-electron chi connectivity index (χ1n) is 14.1. The molecule has 0 radical (unpaired) electrons. The zero-order valence-electron chi connectivity index (χ0n) is 23.2. The summed E-state index contributed by atoms with van der Waals surface area (Å²) in [6.45, 7) is 0. The Balaban J connectivity index is 1.41. The molecule has 0 bridgehead atoms. The normalized spacial score (nSPS) is 13.0. The zero-order chi connectivity index (χ0) is 28.0. The third-order valence-corrected chi connectivity index (χ3v) is 7.81. The van der Waals surface area contributed by atoms with Crippen LogP contribution in [0.1, 0.15) is 16.7 Å². The maximum Gasteiger partial charge on any atom is 0.228 e. The van der Waals surface area contributed by atoms with Crippen LogP contribution in [0.2, 0.25) is 0 Å². The molecule has 1 amide bonds. The number of fused-ring (bicyclic) bond motifs is 2. The van der Waals surface area contributed by atoms with Gasteiger partial charge < -0.3 is 9.88 Å². The van der Waals surface area contributed by atoms with Crippen LogP contribution in [0.15, 0.2) is 134 Å². The van der Waals surface area contributed by atoms with Crippen LogP contribution in [0, 0.1) is 11.8 Å². The lowest BCUT2D eigenvalue weighted by molar-refractivity contribution is -0.120. The average molecular weight is 536 g/mol. The Kier molecular flexibility index (Phi) is 7.72. The Morgan fingerprint density at radius 1 is 0.829 bits per heavy atom. The summed E-state index contributed by atoms with van der Waals surface area (Å²) in [5, 5.41) is 5.50. The number of pyridine rings is 1. The number of allylic oxidation sites excluding steroid dienone is 1. The lowest BCUT2D eigenvalue weighted by Crippen LogP contribution is -2.31. The number of carbonyl (C=O) groups is 1. The number of aryl methyl sites for hydroxylation is 1. The second-order valence-electron chi connectivity index (χ2n) is 10.6.